The minimum atomic E-state index is -4.51. The Hall–Kier alpha value is -2.54. The zero-order valence-electron chi connectivity index (χ0n) is 15.7. The summed E-state index contributed by atoms with van der Waals surface area (Å²) in [5.41, 5.74) is 0.883. The highest BCUT2D eigenvalue weighted by atomic mass is 19.4. The molecule has 0 atom stereocenters. The van der Waals surface area contributed by atoms with E-state index in [0.29, 0.717) is 5.75 Å². The number of nitrogens with one attached hydrogen (secondary N) is 1. The molecule has 2 aromatic heterocycles. The van der Waals surface area contributed by atoms with Gasteiger partial charge >= 0.3 is 6.18 Å². The summed E-state index contributed by atoms with van der Waals surface area (Å²) in [4.78, 5) is 3.46. The van der Waals surface area contributed by atoms with Crippen molar-refractivity contribution in [2.45, 2.75) is 45.0 Å². The molecular weight excluding hydrogens is 369 g/mol. The number of pyridine rings is 1. The van der Waals surface area contributed by atoms with Crippen LogP contribution in [0.1, 0.15) is 42.3 Å². The molecule has 0 unspecified atom stereocenters. The van der Waals surface area contributed by atoms with Crippen LogP contribution in [-0.2, 0) is 18.3 Å². The highest BCUT2D eigenvalue weighted by Crippen LogP contribution is 2.50. The van der Waals surface area contributed by atoms with Crippen LogP contribution in [0, 0.1) is 6.92 Å². The lowest BCUT2D eigenvalue weighted by Gasteiger charge is -2.16. The number of aryl methyl sites for hydroxylation is 1. The van der Waals surface area contributed by atoms with Crippen LogP contribution in [0.2, 0.25) is 0 Å². The molecule has 0 bridgehead atoms. The second-order valence-electron chi connectivity index (χ2n) is 7.10. The predicted molar refractivity (Wildman–Crippen MR) is 99.1 cm³/mol. The number of hydrogen-bond donors (Lipinski definition) is 1. The summed E-state index contributed by atoms with van der Waals surface area (Å²) >= 11 is 0. The first kappa shape index (κ1) is 18.8. The summed E-state index contributed by atoms with van der Waals surface area (Å²) < 4.78 is 50.9. The van der Waals surface area contributed by atoms with E-state index in [2.05, 4.69) is 17.2 Å². The molecule has 0 spiro atoms. The van der Waals surface area contributed by atoms with Gasteiger partial charge in [0.15, 0.2) is 5.69 Å². The Balaban J connectivity index is 1.63. The van der Waals surface area contributed by atoms with Crippen LogP contribution in [0.25, 0.3) is 11.0 Å². The van der Waals surface area contributed by atoms with Crippen LogP contribution in [-0.4, -0.2) is 11.5 Å². The third-order valence-corrected chi connectivity index (χ3v) is 5.13. The third-order valence-electron chi connectivity index (χ3n) is 5.13. The molecule has 1 aliphatic carbocycles. The van der Waals surface area contributed by atoms with E-state index in [0.717, 1.165) is 47.9 Å². The van der Waals surface area contributed by atoms with Gasteiger partial charge in [-0.3, -0.25) is 4.98 Å². The van der Waals surface area contributed by atoms with E-state index in [4.69, 9.17) is 9.15 Å². The van der Waals surface area contributed by atoms with Gasteiger partial charge in [0, 0.05) is 28.2 Å². The second kappa shape index (κ2) is 6.81. The lowest BCUT2D eigenvalue weighted by Crippen LogP contribution is -2.28. The van der Waals surface area contributed by atoms with E-state index in [1.54, 1.807) is 12.1 Å². The summed E-state index contributed by atoms with van der Waals surface area (Å²) in [6, 6.07) is 8.22. The number of aromatic nitrogens is 1. The first-order chi connectivity index (χ1) is 13.3. The summed E-state index contributed by atoms with van der Waals surface area (Å²) in [5, 5.41) is 4.48. The van der Waals surface area contributed by atoms with E-state index in [1.165, 1.54) is 12.1 Å². The van der Waals surface area contributed by atoms with Crippen molar-refractivity contribution in [3.8, 4) is 5.75 Å². The van der Waals surface area contributed by atoms with E-state index < -0.39 is 11.9 Å². The highest BCUT2D eigenvalue weighted by Gasteiger charge is 2.46. The quantitative estimate of drug-likeness (QED) is 0.618. The van der Waals surface area contributed by atoms with Gasteiger partial charge < -0.3 is 14.5 Å². The number of fused-ring (bicyclic) bond motifs is 1. The number of rotatable bonds is 6. The van der Waals surface area contributed by atoms with Gasteiger partial charge in [0.2, 0.25) is 0 Å². The lowest BCUT2D eigenvalue weighted by molar-refractivity contribution is -0.142. The number of hydrogen-bond acceptors (Lipinski definition) is 4. The zero-order chi connectivity index (χ0) is 19.9. The molecular formula is C21H21F3N2O2. The van der Waals surface area contributed by atoms with Crippen molar-refractivity contribution >= 4 is 11.0 Å². The average molecular weight is 390 g/mol. The van der Waals surface area contributed by atoms with Crippen LogP contribution in [0.5, 0.6) is 5.75 Å². The van der Waals surface area contributed by atoms with Gasteiger partial charge in [-0.05, 0) is 50.6 Å². The molecule has 0 amide bonds. The zero-order valence-corrected chi connectivity index (χ0v) is 15.7. The Kier molecular flexibility index (Phi) is 4.57. The Morgan fingerprint density at radius 3 is 2.71 bits per heavy atom. The molecule has 148 valence electrons. The first-order valence-corrected chi connectivity index (χ1v) is 9.26. The van der Waals surface area contributed by atoms with Crippen molar-refractivity contribution in [1.29, 1.82) is 0 Å². The topological polar surface area (TPSA) is 47.3 Å². The fourth-order valence-corrected chi connectivity index (χ4v) is 3.83. The maximum atomic E-state index is 13.1. The van der Waals surface area contributed by atoms with Crippen molar-refractivity contribution in [3.63, 3.8) is 0 Å². The number of furan rings is 1. The molecule has 4 rings (SSSR count). The van der Waals surface area contributed by atoms with Crippen molar-refractivity contribution in [1.82, 2.24) is 10.3 Å². The number of alkyl halides is 3. The van der Waals surface area contributed by atoms with Crippen LogP contribution in [0.3, 0.4) is 0 Å². The van der Waals surface area contributed by atoms with Gasteiger partial charge in [-0.15, -0.1) is 0 Å². The molecule has 2 heterocycles. The van der Waals surface area contributed by atoms with Gasteiger partial charge in [0.05, 0.1) is 0 Å². The summed E-state index contributed by atoms with van der Waals surface area (Å²) in [6.45, 7) is 4.65. The Labute approximate surface area is 160 Å². The molecule has 3 aromatic rings. The first-order valence-electron chi connectivity index (χ1n) is 9.26. The number of ether oxygens (including phenoxy) is 1. The maximum Gasteiger partial charge on any atom is 0.433 e. The van der Waals surface area contributed by atoms with E-state index >= 15 is 0 Å². The average Bonchev–Trinajstić information content (AvgIpc) is 3.33. The van der Waals surface area contributed by atoms with Crippen molar-refractivity contribution < 1.29 is 22.3 Å². The highest BCUT2D eigenvalue weighted by molar-refractivity contribution is 5.85. The van der Waals surface area contributed by atoms with Crippen molar-refractivity contribution in [3.05, 3.63) is 59.1 Å². The third kappa shape index (κ3) is 3.35. The molecule has 0 radical (unpaired) electrons. The monoisotopic (exact) mass is 390 g/mol. The van der Waals surface area contributed by atoms with Gasteiger partial charge in [0.25, 0.3) is 0 Å². The number of benzene rings is 1. The van der Waals surface area contributed by atoms with E-state index in [1.807, 2.05) is 13.0 Å². The molecule has 0 saturated heterocycles. The Morgan fingerprint density at radius 2 is 2.04 bits per heavy atom. The van der Waals surface area contributed by atoms with Crippen molar-refractivity contribution in [2.75, 3.05) is 6.54 Å². The van der Waals surface area contributed by atoms with E-state index in [9.17, 15) is 13.2 Å². The van der Waals surface area contributed by atoms with Gasteiger partial charge in [-0.1, -0.05) is 13.0 Å². The second-order valence-corrected chi connectivity index (χ2v) is 7.10. The summed E-state index contributed by atoms with van der Waals surface area (Å²) in [7, 11) is 0. The maximum absolute atomic E-state index is 13.1. The Bertz CT molecular complexity index is 1010. The van der Waals surface area contributed by atoms with Crippen molar-refractivity contribution in [2.24, 2.45) is 0 Å². The van der Waals surface area contributed by atoms with Gasteiger partial charge in [0.1, 0.15) is 23.7 Å². The molecule has 1 saturated carbocycles. The molecule has 1 aliphatic rings. The van der Waals surface area contributed by atoms with Crippen LogP contribution in [0.4, 0.5) is 13.2 Å². The molecule has 1 N–H and O–H groups in total. The standard InChI is InChI=1S/C21H21F3N2O2/c1-3-26-20(8-9-20)18-13(2)28-17-7-6-15(11-16(17)18)27-12-14-5-4-10-25-19(14)21(22,23)24/h4-7,10-11,26H,3,8-9,12H2,1-2H3. The molecule has 28 heavy (non-hydrogen) atoms. The predicted octanol–water partition coefficient (Wildman–Crippen LogP) is 5.33. The molecule has 7 heteroatoms. The number of halogens is 3. The van der Waals surface area contributed by atoms with Gasteiger partial charge in [-0.25, -0.2) is 0 Å². The smallest absolute Gasteiger partial charge is 0.433 e. The Morgan fingerprint density at radius 1 is 1.25 bits per heavy atom. The van der Waals surface area contributed by atoms with Crippen LogP contribution in [0.15, 0.2) is 40.9 Å². The largest absolute Gasteiger partial charge is 0.489 e. The summed E-state index contributed by atoms with van der Waals surface area (Å²) in [6.07, 6.45) is -1.31. The molecule has 4 nitrogen and oxygen atoms in total. The number of nitrogens with zero attached hydrogens (tertiary/aromatic N) is 1. The fraction of sp³-hybridized carbons (Fsp3) is 0.381. The fourth-order valence-electron chi connectivity index (χ4n) is 3.83. The normalized spacial score (nSPS) is 15.8. The molecule has 0 aliphatic heterocycles. The van der Waals surface area contributed by atoms with Gasteiger partial charge in [-0.2, -0.15) is 13.2 Å². The van der Waals surface area contributed by atoms with Crippen LogP contribution < -0.4 is 10.1 Å². The van der Waals surface area contributed by atoms with E-state index in [-0.39, 0.29) is 17.7 Å². The minimum absolute atomic E-state index is 0.00464. The summed E-state index contributed by atoms with van der Waals surface area (Å²) in [5.74, 6) is 1.36. The lowest BCUT2D eigenvalue weighted by atomic mass is 10.0. The minimum Gasteiger partial charge on any atom is -0.489 e. The molecule has 1 fully saturated rings. The SMILES string of the molecule is CCNC1(c2c(C)oc3ccc(OCc4cccnc4C(F)(F)F)cc23)CC1. The van der Waals surface area contributed by atoms with Crippen LogP contribution >= 0.6 is 0 Å². The molecule has 1 aromatic carbocycles.